The fraction of sp³-hybridized carbons (Fsp3) is 0.900. The average Bonchev–Trinajstić information content (AvgIpc) is 2.30. The Hall–Kier alpha value is -0.550. The van der Waals surface area contributed by atoms with Crippen LogP contribution < -0.4 is 5.32 Å². The van der Waals surface area contributed by atoms with E-state index in [1.54, 1.807) is 0 Å². The zero-order chi connectivity index (χ0) is 9.62. The van der Waals surface area contributed by atoms with Crippen LogP contribution in [0.4, 0.5) is 0 Å². The highest BCUT2D eigenvalue weighted by Gasteiger charge is 2.63. The molecule has 0 amide bonds. The van der Waals surface area contributed by atoms with Crippen LogP contribution in [-0.2, 0) is 0 Å². The topological polar surface area (TPSA) is 35.8 Å². The first-order valence-electron chi connectivity index (χ1n) is 4.43. The lowest BCUT2D eigenvalue weighted by molar-refractivity contribution is 0.345. The predicted octanol–water partition coefficient (Wildman–Crippen LogP) is 2.07. The second-order valence-electron chi connectivity index (χ2n) is 5.45. The van der Waals surface area contributed by atoms with Gasteiger partial charge in [-0.1, -0.05) is 13.8 Å². The molecule has 0 aromatic carbocycles. The Bertz CT molecular complexity index is 229. The molecule has 0 aromatic heterocycles. The van der Waals surface area contributed by atoms with Crippen molar-refractivity contribution in [3.05, 3.63) is 0 Å². The van der Waals surface area contributed by atoms with Crippen molar-refractivity contribution in [1.82, 2.24) is 5.32 Å². The number of nitriles is 1. The zero-order valence-electron chi connectivity index (χ0n) is 8.65. The molecule has 1 N–H and O–H groups in total. The van der Waals surface area contributed by atoms with E-state index in [-0.39, 0.29) is 16.5 Å². The highest BCUT2D eigenvalue weighted by atomic mass is 15.1. The van der Waals surface area contributed by atoms with Crippen LogP contribution >= 0.6 is 0 Å². The van der Waals surface area contributed by atoms with Crippen LogP contribution in [0.15, 0.2) is 0 Å². The van der Waals surface area contributed by atoms with E-state index < -0.39 is 0 Å². The summed E-state index contributed by atoms with van der Waals surface area (Å²) in [5.74, 6) is 0. The SMILES string of the molecule is CC(C)(C)NC1(C#N)CC1(C)C. The van der Waals surface area contributed by atoms with Crippen LogP contribution in [0.25, 0.3) is 0 Å². The van der Waals surface area contributed by atoms with Crippen molar-refractivity contribution in [3.8, 4) is 6.07 Å². The maximum absolute atomic E-state index is 9.04. The van der Waals surface area contributed by atoms with Crippen LogP contribution in [-0.4, -0.2) is 11.1 Å². The maximum Gasteiger partial charge on any atom is 0.113 e. The fourth-order valence-corrected chi connectivity index (χ4v) is 1.69. The highest BCUT2D eigenvalue weighted by molar-refractivity contribution is 5.30. The third kappa shape index (κ3) is 1.47. The van der Waals surface area contributed by atoms with E-state index in [9.17, 15) is 0 Å². The molecular weight excluding hydrogens is 148 g/mol. The summed E-state index contributed by atoms with van der Waals surface area (Å²) in [5, 5.41) is 12.4. The third-order valence-corrected chi connectivity index (χ3v) is 2.52. The molecular formula is C10H18N2. The van der Waals surface area contributed by atoms with Crippen LogP contribution in [0.5, 0.6) is 0 Å². The van der Waals surface area contributed by atoms with Crippen molar-refractivity contribution in [3.63, 3.8) is 0 Å². The molecule has 2 nitrogen and oxygen atoms in total. The molecule has 0 aromatic rings. The van der Waals surface area contributed by atoms with Gasteiger partial charge in [-0.15, -0.1) is 0 Å². The minimum absolute atomic E-state index is 0.0312. The summed E-state index contributed by atoms with van der Waals surface area (Å²) in [6.45, 7) is 10.6. The summed E-state index contributed by atoms with van der Waals surface area (Å²) in [5.41, 5.74) is -0.0935. The molecule has 1 aliphatic rings. The standard InChI is InChI=1S/C10H18N2/c1-8(2,3)12-10(7-11)6-9(10,4)5/h12H,6H2,1-5H3. The summed E-state index contributed by atoms with van der Waals surface area (Å²) in [6, 6.07) is 2.39. The first-order chi connectivity index (χ1) is 5.22. The van der Waals surface area contributed by atoms with Crippen molar-refractivity contribution in [1.29, 1.82) is 5.26 Å². The summed E-state index contributed by atoms with van der Waals surface area (Å²) < 4.78 is 0. The molecule has 0 bridgehead atoms. The van der Waals surface area contributed by atoms with Gasteiger partial charge in [0.15, 0.2) is 0 Å². The van der Waals surface area contributed by atoms with Gasteiger partial charge in [0, 0.05) is 5.54 Å². The second kappa shape index (κ2) is 2.23. The van der Waals surface area contributed by atoms with Gasteiger partial charge in [0.1, 0.15) is 5.54 Å². The van der Waals surface area contributed by atoms with Crippen LogP contribution in [0.1, 0.15) is 41.0 Å². The normalized spacial score (nSPS) is 32.7. The fourth-order valence-electron chi connectivity index (χ4n) is 1.69. The Morgan fingerprint density at radius 3 is 1.83 bits per heavy atom. The molecule has 0 heterocycles. The smallest absolute Gasteiger partial charge is 0.113 e. The number of nitrogens with one attached hydrogen (secondary N) is 1. The van der Waals surface area contributed by atoms with Gasteiger partial charge in [-0.2, -0.15) is 5.26 Å². The monoisotopic (exact) mass is 166 g/mol. The van der Waals surface area contributed by atoms with Crippen LogP contribution in [0.3, 0.4) is 0 Å². The lowest BCUT2D eigenvalue weighted by Crippen LogP contribution is -2.47. The van der Waals surface area contributed by atoms with Crippen LogP contribution in [0.2, 0.25) is 0 Å². The maximum atomic E-state index is 9.04. The van der Waals surface area contributed by atoms with Gasteiger partial charge >= 0.3 is 0 Å². The quantitative estimate of drug-likeness (QED) is 0.647. The lowest BCUT2D eigenvalue weighted by Gasteiger charge is -2.26. The number of nitrogens with zero attached hydrogens (tertiary/aromatic N) is 1. The molecule has 2 heteroatoms. The molecule has 1 fully saturated rings. The van der Waals surface area contributed by atoms with Gasteiger partial charge in [0.2, 0.25) is 0 Å². The Balaban J connectivity index is 2.71. The predicted molar refractivity (Wildman–Crippen MR) is 49.6 cm³/mol. The summed E-state index contributed by atoms with van der Waals surface area (Å²) in [6.07, 6.45) is 0.966. The molecule has 0 saturated heterocycles. The van der Waals surface area contributed by atoms with E-state index >= 15 is 0 Å². The van der Waals surface area contributed by atoms with E-state index in [4.69, 9.17) is 5.26 Å². The zero-order valence-corrected chi connectivity index (χ0v) is 8.65. The van der Waals surface area contributed by atoms with Crippen molar-refractivity contribution in [2.24, 2.45) is 5.41 Å². The highest BCUT2D eigenvalue weighted by Crippen LogP contribution is 2.55. The van der Waals surface area contributed by atoms with Gasteiger partial charge in [0.05, 0.1) is 6.07 Å². The minimum atomic E-state index is -0.273. The Kier molecular flexibility index (Phi) is 1.77. The van der Waals surface area contributed by atoms with Crippen molar-refractivity contribution < 1.29 is 0 Å². The number of rotatable bonds is 1. The molecule has 0 spiro atoms. The van der Waals surface area contributed by atoms with Gasteiger partial charge in [0.25, 0.3) is 0 Å². The van der Waals surface area contributed by atoms with Gasteiger partial charge in [-0.05, 0) is 32.6 Å². The Morgan fingerprint density at radius 1 is 1.33 bits per heavy atom. The molecule has 1 saturated carbocycles. The largest absolute Gasteiger partial charge is 0.294 e. The van der Waals surface area contributed by atoms with E-state index in [0.717, 1.165) is 6.42 Å². The second-order valence-corrected chi connectivity index (χ2v) is 5.45. The Morgan fingerprint density at radius 2 is 1.75 bits per heavy atom. The first-order valence-corrected chi connectivity index (χ1v) is 4.43. The molecule has 1 rings (SSSR count). The molecule has 0 aliphatic heterocycles. The van der Waals surface area contributed by atoms with E-state index in [1.165, 1.54) is 0 Å². The van der Waals surface area contributed by atoms with Crippen molar-refractivity contribution in [2.75, 3.05) is 0 Å². The minimum Gasteiger partial charge on any atom is -0.294 e. The van der Waals surface area contributed by atoms with Crippen molar-refractivity contribution in [2.45, 2.75) is 52.1 Å². The molecule has 1 atom stereocenters. The average molecular weight is 166 g/mol. The van der Waals surface area contributed by atoms with Gasteiger partial charge in [-0.25, -0.2) is 0 Å². The van der Waals surface area contributed by atoms with E-state index in [2.05, 4.69) is 46.0 Å². The lowest BCUT2D eigenvalue weighted by atomic mass is 10.0. The molecule has 12 heavy (non-hydrogen) atoms. The summed E-state index contributed by atoms with van der Waals surface area (Å²) in [7, 11) is 0. The summed E-state index contributed by atoms with van der Waals surface area (Å²) in [4.78, 5) is 0. The molecule has 1 aliphatic carbocycles. The van der Waals surface area contributed by atoms with Gasteiger partial charge in [-0.3, -0.25) is 5.32 Å². The van der Waals surface area contributed by atoms with Gasteiger partial charge < -0.3 is 0 Å². The van der Waals surface area contributed by atoms with E-state index in [1.807, 2.05) is 0 Å². The number of hydrogen-bond donors (Lipinski definition) is 1. The Labute approximate surface area is 75.0 Å². The third-order valence-electron chi connectivity index (χ3n) is 2.52. The molecule has 0 radical (unpaired) electrons. The van der Waals surface area contributed by atoms with Crippen LogP contribution in [0, 0.1) is 16.7 Å². The molecule has 68 valence electrons. The van der Waals surface area contributed by atoms with E-state index in [0.29, 0.717) is 0 Å². The van der Waals surface area contributed by atoms with Crippen molar-refractivity contribution >= 4 is 0 Å². The number of hydrogen-bond acceptors (Lipinski definition) is 2. The molecule has 1 unspecified atom stereocenters. The first kappa shape index (κ1) is 9.54. The summed E-state index contributed by atoms with van der Waals surface area (Å²) >= 11 is 0.